The first-order chi connectivity index (χ1) is 11.1. The van der Waals surface area contributed by atoms with Crippen LogP contribution in [-0.4, -0.2) is 54.8 Å². The maximum atomic E-state index is 12.1. The van der Waals surface area contributed by atoms with E-state index in [1.807, 2.05) is 0 Å². The average molecular weight is 341 g/mol. The van der Waals surface area contributed by atoms with Crippen molar-refractivity contribution in [3.8, 4) is 0 Å². The van der Waals surface area contributed by atoms with Gasteiger partial charge in [0.25, 0.3) is 0 Å². The SMILES string of the molecule is C=CCCOC(=O)NCC1(C(N)=O)CCN(C(=O)OC(C)(C)C)C1. The number of nitrogens with zero attached hydrogens (tertiary/aromatic N) is 1. The van der Waals surface area contributed by atoms with E-state index in [-0.39, 0.29) is 19.7 Å². The van der Waals surface area contributed by atoms with Crippen LogP contribution in [0.15, 0.2) is 12.7 Å². The van der Waals surface area contributed by atoms with Crippen molar-refractivity contribution in [1.29, 1.82) is 0 Å². The number of alkyl carbamates (subject to hydrolysis) is 1. The van der Waals surface area contributed by atoms with E-state index in [9.17, 15) is 14.4 Å². The molecule has 0 aromatic carbocycles. The number of amides is 3. The summed E-state index contributed by atoms with van der Waals surface area (Å²) < 4.78 is 10.2. The molecule has 0 radical (unpaired) electrons. The Morgan fingerprint density at radius 1 is 1.38 bits per heavy atom. The van der Waals surface area contributed by atoms with Gasteiger partial charge in [-0.05, 0) is 33.6 Å². The van der Waals surface area contributed by atoms with Crippen LogP contribution in [0.4, 0.5) is 9.59 Å². The van der Waals surface area contributed by atoms with Crippen molar-refractivity contribution in [3.63, 3.8) is 0 Å². The first-order valence-electron chi connectivity index (χ1n) is 7.89. The Hall–Kier alpha value is -2.25. The zero-order valence-corrected chi connectivity index (χ0v) is 14.6. The number of primary amides is 1. The van der Waals surface area contributed by atoms with Crippen molar-refractivity contribution < 1.29 is 23.9 Å². The van der Waals surface area contributed by atoms with Gasteiger partial charge >= 0.3 is 12.2 Å². The number of carbonyl (C=O) groups is 3. The predicted octanol–water partition coefficient (Wildman–Crippen LogP) is 1.40. The molecule has 1 saturated heterocycles. The van der Waals surface area contributed by atoms with Gasteiger partial charge in [-0.15, -0.1) is 6.58 Å². The summed E-state index contributed by atoms with van der Waals surface area (Å²) in [5.74, 6) is -0.569. The van der Waals surface area contributed by atoms with E-state index in [0.29, 0.717) is 19.4 Å². The van der Waals surface area contributed by atoms with Crippen molar-refractivity contribution in [3.05, 3.63) is 12.7 Å². The Bertz CT molecular complexity index is 500. The second kappa shape index (κ2) is 8.03. The summed E-state index contributed by atoms with van der Waals surface area (Å²) in [6, 6.07) is 0. The molecule has 0 aromatic heterocycles. The smallest absolute Gasteiger partial charge is 0.410 e. The fourth-order valence-electron chi connectivity index (χ4n) is 2.31. The average Bonchev–Trinajstić information content (AvgIpc) is 2.90. The van der Waals surface area contributed by atoms with E-state index in [2.05, 4.69) is 11.9 Å². The minimum atomic E-state index is -1.02. The first kappa shape index (κ1) is 19.8. The Balaban J connectivity index is 2.61. The van der Waals surface area contributed by atoms with Crippen LogP contribution in [0.25, 0.3) is 0 Å². The third-order valence-corrected chi connectivity index (χ3v) is 3.65. The number of nitrogens with two attached hydrogens (primary N) is 1. The van der Waals surface area contributed by atoms with Gasteiger partial charge in [0.1, 0.15) is 5.60 Å². The molecular formula is C16H27N3O5. The number of ether oxygens (including phenoxy) is 2. The molecular weight excluding hydrogens is 314 g/mol. The van der Waals surface area contributed by atoms with Crippen molar-refractivity contribution in [2.45, 2.75) is 39.2 Å². The number of carbonyl (C=O) groups excluding carboxylic acids is 3. The highest BCUT2D eigenvalue weighted by Gasteiger charge is 2.46. The molecule has 1 rings (SSSR count). The quantitative estimate of drug-likeness (QED) is 0.560. The molecule has 0 aromatic rings. The summed E-state index contributed by atoms with van der Waals surface area (Å²) in [5.41, 5.74) is 3.86. The lowest BCUT2D eigenvalue weighted by Gasteiger charge is -2.27. The highest BCUT2D eigenvalue weighted by molar-refractivity contribution is 5.84. The van der Waals surface area contributed by atoms with Crippen molar-refractivity contribution in [2.24, 2.45) is 11.1 Å². The molecule has 3 N–H and O–H groups in total. The van der Waals surface area contributed by atoms with Gasteiger partial charge < -0.3 is 25.4 Å². The van der Waals surface area contributed by atoms with Crippen LogP contribution in [0.3, 0.4) is 0 Å². The van der Waals surface area contributed by atoms with Gasteiger partial charge in [-0.1, -0.05) is 6.08 Å². The number of rotatable bonds is 6. The summed E-state index contributed by atoms with van der Waals surface area (Å²) in [7, 11) is 0. The Morgan fingerprint density at radius 2 is 2.04 bits per heavy atom. The number of nitrogens with one attached hydrogen (secondary N) is 1. The van der Waals surface area contributed by atoms with Crippen LogP contribution in [0.5, 0.6) is 0 Å². The van der Waals surface area contributed by atoms with Gasteiger partial charge in [0.05, 0.1) is 12.0 Å². The normalized spacial score (nSPS) is 20.4. The lowest BCUT2D eigenvalue weighted by atomic mass is 9.86. The minimum Gasteiger partial charge on any atom is -0.449 e. The molecule has 1 aliphatic rings. The topological polar surface area (TPSA) is 111 Å². The fourth-order valence-corrected chi connectivity index (χ4v) is 2.31. The molecule has 8 nitrogen and oxygen atoms in total. The fraction of sp³-hybridized carbons (Fsp3) is 0.688. The third-order valence-electron chi connectivity index (χ3n) is 3.65. The maximum absolute atomic E-state index is 12.1. The van der Waals surface area contributed by atoms with Gasteiger partial charge in [-0.2, -0.15) is 0 Å². The predicted molar refractivity (Wildman–Crippen MR) is 88.2 cm³/mol. The van der Waals surface area contributed by atoms with E-state index in [1.165, 1.54) is 4.90 Å². The lowest BCUT2D eigenvalue weighted by molar-refractivity contribution is -0.126. The zero-order valence-electron chi connectivity index (χ0n) is 14.6. The van der Waals surface area contributed by atoms with Crippen molar-refractivity contribution >= 4 is 18.1 Å². The highest BCUT2D eigenvalue weighted by Crippen LogP contribution is 2.30. The molecule has 1 heterocycles. The summed E-state index contributed by atoms with van der Waals surface area (Å²) in [6.45, 7) is 9.49. The largest absolute Gasteiger partial charge is 0.449 e. The minimum absolute atomic E-state index is 0.00849. The van der Waals surface area contributed by atoms with Crippen LogP contribution in [0.2, 0.25) is 0 Å². The standard InChI is InChI=1S/C16H27N3O5/c1-5-6-9-23-13(21)18-10-16(12(17)20)7-8-19(11-16)14(22)24-15(2,3)4/h5H,1,6-11H2,2-4H3,(H2,17,20)(H,18,21). The molecule has 1 aliphatic heterocycles. The Kier molecular flexibility index (Phi) is 6.62. The van der Waals surface area contributed by atoms with E-state index >= 15 is 0 Å². The van der Waals surface area contributed by atoms with E-state index in [4.69, 9.17) is 15.2 Å². The Morgan fingerprint density at radius 3 is 2.58 bits per heavy atom. The van der Waals surface area contributed by atoms with Gasteiger partial charge in [0.15, 0.2) is 0 Å². The molecule has 0 saturated carbocycles. The van der Waals surface area contributed by atoms with Crippen LogP contribution in [0, 0.1) is 5.41 Å². The summed E-state index contributed by atoms with van der Waals surface area (Å²) >= 11 is 0. The highest BCUT2D eigenvalue weighted by atomic mass is 16.6. The molecule has 8 heteroatoms. The molecule has 1 fully saturated rings. The molecule has 0 bridgehead atoms. The van der Waals surface area contributed by atoms with Crippen LogP contribution >= 0.6 is 0 Å². The maximum Gasteiger partial charge on any atom is 0.410 e. The van der Waals surface area contributed by atoms with Gasteiger partial charge in [-0.25, -0.2) is 9.59 Å². The van der Waals surface area contributed by atoms with Crippen molar-refractivity contribution in [2.75, 3.05) is 26.2 Å². The lowest BCUT2D eigenvalue weighted by Crippen LogP contribution is -2.49. The van der Waals surface area contributed by atoms with Gasteiger partial charge in [0.2, 0.25) is 5.91 Å². The molecule has 0 aliphatic carbocycles. The molecule has 24 heavy (non-hydrogen) atoms. The second-order valence-corrected chi connectivity index (χ2v) is 6.86. The summed E-state index contributed by atoms with van der Waals surface area (Å²) in [6.07, 6.45) is 1.40. The number of hydrogen-bond donors (Lipinski definition) is 2. The molecule has 1 unspecified atom stereocenters. The Labute approximate surface area is 142 Å². The molecule has 0 spiro atoms. The van der Waals surface area contributed by atoms with E-state index in [1.54, 1.807) is 26.8 Å². The van der Waals surface area contributed by atoms with Crippen LogP contribution in [0.1, 0.15) is 33.6 Å². The van der Waals surface area contributed by atoms with Crippen LogP contribution in [-0.2, 0) is 14.3 Å². The summed E-state index contributed by atoms with van der Waals surface area (Å²) in [4.78, 5) is 37.1. The van der Waals surface area contributed by atoms with Crippen LogP contribution < -0.4 is 11.1 Å². The van der Waals surface area contributed by atoms with E-state index in [0.717, 1.165) is 0 Å². The van der Waals surface area contributed by atoms with Crippen molar-refractivity contribution in [1.82, 2.24) is 10.2 Å². The number of hydrogen-bond acceptors (Lipinski definition) is 5. The van der Waals surface area contributed by atoms with Gasteiger partial charge in [-0.3, -0.25) is 4.79 Å². The zero-order chi connectivity index (χ0) is 18.4. The molecule has 1 atom stereocenters. The van der Waals surface area contributed by atoms with E-state index < -0.39 is 29.1 Å². The van der Waals surface area contributed by atoms with Gasteiger partial charge in [0, 0.05) is 19.6 Å². The second-order valence-electron chi connectivity index (χ2n) is 6.86. The third kappa shape index (κ3) is 5.75. The first-order valence-corrected chi connectivity index (χ1v) is 7.89. The summed E-state index contributed by atoms with van der Waals surface area (Å²) in [5, 5.41) is 2.54. The molecule has 3 amide bonds. The number of likely N-dealkylation sites (tertiary alicyclic amines) is 1. The molecule has 136 valence electrons. The monoisotopic (exact) mass is 341 g/mol.